The van der Waals surface area contributed by atoms with E-state index < -0.39 is 5.79 Å². The summed E-state index contributed by atoms with van der Waals surface area (Å²) in [7, 11) is 0. The van der Waals surface area contributed by atoms with Crippen molar-refractivity contribution in [1.82, 2.24) is 0 Å². The molecular weight excluding hydrogens is 392 g/mol. The maximum Gasteiger partial charge on any atom is 0.163 e. The quantitative estimate of drug-likeness (QED) is 0.521. The Hall–Kier alpha value is -1.66. The second kappa shape index (κ2) is 11.8. The van der Waals surface area contributed by atoms with Gasteiger partial charge in [0.15, 0.2) is 5.79 Å². The Morgan fingerprint density at radius 3 is 2.45 bits per heavy atom. The average molecular weight is 431 g/mol. The number of ether oxygens (including phenoxy) is 4. The van der Waals surface area contributed by atoms with Crippen LogP contribution in [0.1, 0.15) is 64.7 Å². The van der Waals surface area contributed by atoms with Gasteiger partial charge < -0.3 is 23.4 Å². The molecule has 0 radical (unpaired) electrons. The van der Waals surface area contributed by atoms with E-state index >= 15 is 0 Å². The summed E-state index contributed by atoms with van der Waals surface area (Å²) in [5, 5.41) is 0. The number of rotatable bonds is 8. The second-order valence-corrected chi connectivity index (χ2v) is 8.88. The van der Waals surface area contributed by atoms with E-state index in [1.54, 1.807) is 6.26 Å². The first-order chi connectivity index (χ1) is 15.0. The maximum atomic E-state index is 6.39. The van der Waals surface area contributed by atoms with E-state index in [1.165, 1.54) is 12.0 Å². The van der Waals surface area contributed by atoms with Crippen LogP contribution in [0.2, 0.25) is 0 Å². The average Bonchev–Trinajstić information content (AvgIpc) is 3.47. The Morgan fingerprint density at radius 1 is 1.03 bits per heavy atom. The van der Waals surface area contributed by atoms with Crippen molar-refractivity contribution in [3.05, 3.63) is 60.1 Å². The van der Waals surface area contributed by atoms with Crippen molar-refractivity contribution in [2.24, 2.45) is 0 Å². The molecule has 2 aliphatic rings. The van der Waals surface area contributed by atoms with Crippen molar-refractivity contribution < 1.29 is 23.4 Å². The fourth-order valence-electron chi connectivity index (χ4n) is 4.04. The summed E-state index contributed by atoms with van der Waals surface area (Å²) in [4.78, 5) is 0. The summed E-state index contributed by atoms with van der Waals surface area (Å²) < 4.78 is 29.9. The minimum Gasteiger partial charge on any atom is -0.469 e. The molecule has 1 aromatic heterocycles. The Balaban J connectivity index is 0.000000858. The summed E-state index contributed by atoms with van der Waals surface area (Å²) in [5.74, 6) is 0.491. The first kappa shape index (κ1) is 24.0. The van der Waals surface area contributed by atoms with Crippen molar-refractivity contribution >= 4 is 0 Å². The smallest absolute Gasteiger partial charge is 0.163 e. The van der Waals surface area contributed by atoms with Gasteiger partial charge in [0.1, 0.15) is 5.76 Å². The van der Waals surface area contributed by atoms with Crippen molar-refractivity contribution in [2.75, 3.05) is 6.61 Å². The van der Waals surface area contributed by atoms with Crippen molar-refractivity contribution in [2.45, 2.75) is 96.6 Å². The summed E-state index contributed by atoms with van der Waals surface area (Å²) in [6.45, 7) is 9.37. The molecule has 4 rings (SSSR count). The zero-order valence-corrected chi connectivity index (χ0v) is 19.4. The van der Waals surface area contributed by atoms with Crippen LogP contribution in [0.15, 0.2) is 53.1 Å². The molecule has 1 unspecified atom stereocenters. The van der Waals surface area contributed by atoms with Crippen LogP contribution in [0.5, 0.6) is 0 Å². The predicted molar refractivity (Wildman–Crippen MR) is 121 cm³/mol. The highest BCUT2D eigenvalue weighted by atomic mass is 16.7. The van der Waals surface area contributed by atoms with Crippen LogP contribution in [0.3, 0.4) is 0 Å². The van der Waals surface area contributed by atoms with Crippen LogP contribution in [0, 0.1) is 0 Å². The molecule has 2 saturated heterocycles. The molecule has 2 fully saturated rings. The molecule has 1 aromatic carbocycles. The summed E-state index contributed by atoms with van der Waals surface area (Å²) >= 11 is 0. The van der Waals surface area contributed by atoms with Gasteiger partial charge in [0, 0.05) is 19.3 Å². The van der Waals surface area contributed by atoms with Crippen LogP contribution in [0.25, 0.3) is 0 Å². The third-order valence-electron chi connectivity index (χ3n) is 5.44. The molecule has 0 amide bonds. The van der Waals surface area contributed by atoms with Gasteiger partial charge in [0.25, 0.3) is 0 Å². The number of hydrogen-bond acceptors (Lipinski definition) is 5. The lowest BCUT2D eigenvalue weighted by atomic mass is 10.0. The van der Waals surface area contributed by atoms with Gasteiger partial charge in [-0.2, -0.15) is 0 Å². The van der Waals surface area contributed by atoms with E-state index in [0.29, 0.717) is 13.2 Å². The van der Waals surface area contributed by atoms with Gasteiger partial charge in [-0.3, -0.25) is 0 Å². The molecule has 2 aromatic rings. The van der Waals surface area contributed by atoms with Crippen molar-refractivity contribution in [1.29, 1.82) is 0 Å². The molecule has 0 spiro atoms. The third kappa shape index (κ3) is 7.76. The van der Waals surface area contributed by atoms with Gasteiger partial charge in [0.2, 0.25) is 0 Å². The van der Waals surface area contributed by atoms with Crippen LogP contribution in [-0.4, -0.2) is 36.8 Å². The Morgan fingerprint density at radius 2 is 1.81 bits per heavy atom. The molecule has 0 N–H and O–H groups in total. The Labute approximate surface area is 187 Å². The van der Waals surface area contributed by atoms with E-state index in [0.717, 1.165) is 31.4 Å². The second-order valence-electron chi connectivity index (χ2n) is 8.88. The fraction of sp³-hybridized carbons (Fsp3) is 0.615. The molecular formula is C26H38O5. The number of furan rings is 1. The summed E-state index contributed by atoms with van der Waals surface area (Å²) in [6, 6.07) is 14.2. The van der Waals surface area contributed by atoms with Crippen molar-refractivity contribution in [3.8, 4) is 0 Å². The first-order valence-electron chi connectivity index (χ1n) is 11.6. The zero-order chi connectivity index (χ0) is 22.1. The van der Waals surface area contributed by atoms with E-state index in [2.05, 4.69) is 26.0 Å². The molecule has 0 saturated carbocycles. The van der Waals surface area contributed by atoms with E-state index in [4.69, 9.17) is 23.4 Å². The molecule has 5 heteroatoms. The SMILES string of the molecule is CC1(C)OC[C@@H](C[C@H]2OC(CCc3ccco3)C[C@H]2OCc2ccccc2)O1.CCC. The molecule has 172 valence electrons. The topological polar surface area (TPSA) is 50.1 Å². The molecule has 3 heterocycles. The summed E-state index contributed by atoms with van der Waals surface area (Å²) in [6.07, 6.45) is 6.78. The molecule has 2 aliphatic heterocycles. The van der Waals surface area contributed by atoms with Crippen LogP contribution < -0.4 is 0 Å². The molecule has 31 heavy (non-hydrogen) atoms. The monoisotopic (exact) mass is 430 g/mol. The van der Waals surface area contributed by atoms with Gasteiger partial charge in [0.05, 0.1) is 43.9 Å². The lowest BCUT2D eigenvalue weighted by Gasteiger charge is -2.23. The van der Waals surface area contributed by atoms with E-state index in [1.807, 2.05) is 44.2 Å². The number of hydrogen-bond donors (Lipinski definition) is 0. The fourth-order valence-corrected chi connectivity index (χ4v) is 4.04. The van der Waals surface area contributed by atoms with Crippen molar-refractivity contribution in [3.63, 3.8) is 0 Å². The van der Waals surface area contributed by atoms with Crippen LogP contribution in [0.4, 0.5) is 0 Å². The minimum atomic E-state index is -0.512. The maximum absolute atomic E-state index is 6.39. The van der Waals surface area contributed by atoms with E-state index in [9.17, 15) is 0 Å². The summed E-state index contributed by atoms with van der Waals surface area (Å²) in [5.41, 5.74) is 1.18. The number of benzene rings is 1. The normalized spacial score (nSPS) is 27.1. The molecule has 0 aliphatic carbocycles. The lowest BCUT2D eigenvalue weighted by molar-refractivity contribution is -0.144. The minimum absolute atomic E-state index is 0.0211. The molecule has 5 nitrogen and oxygen atoms in total. The predicted octanol–water partition coefficient (Wildman–Crippen LogP) is 5.91. The Bertz CT molecular complexity index is 728. The van der Waals surface area contributed by atoms with Crippen LogP contribution >= 0.6 is 0 Å². The Kier molecular flexibility index (Phi) is 9.15. The first-order valence-corrected chi connectivity index (χ1v) is 11.6. The van der Waals surface area contributed by atoms with Gasteiger partial charge in [-0.05, 0) is 38.0 Å². The highest BCUT2D eigenvalue weighted by Crippen LogP contribution is 2.33. The molecule has 0 bridgehead atoms. The number of aryl methyl sites for hydroxylation is 1. The van der Waals surface area contributed by atoms with Gasteiger partial charge in [-0.1, -0.05) is 50.6 Å². The van der Waals surface area contributed by atoms with Gasteiger partial charge >= 0.3 is 0 Å². The van der Waals surface area contributed by atoms with Crippen LogP contribution in [-0.2, 0) is 32.0 Å². The third-order valence-corrected chi connectivity index (χ3v) is 5.44. The standard InChI is InChI=1S/C23H30O5.C3H8/c1-23(2)26-16-20(28-23)14-22-21(25-15-17-7-4-3-5-8-17)13-19(27-22)11-10-18-9-6-12-24-18;1-3-2/h3-9,12,19-22H,10-11,13-16H2,1-2H3;3H2,1-2H3/t19?,20-,21-,22-;/m1./s1. The highest BCUT2D eigenvalue weighted by molar-refractivity contribution is 5.13. The molecule has 4 atom stereocenters. The largest absolute Gasteiger partial charge is 0.469 e. The lowest BCUT2D eigenvalue weighted by Crippen LogP contribution is -2.30. The zero-order valence-electron chi connectivity index (χ0n) is 19.4. The van der Waals surface area contributed by atoms with Gasteiger partial charge in [-0.25, -0.2) is 0 Å². The van der Waals surface area contributed by atoms with E-state index in [-0.39, 0.29) is 24.4 Å². The highest BCUT2D eigenvalue weighted by Gasteiger charge is 2.41. The van der Waals surface area contributed by atoms with Gasteiger partial charge in [-0.15, -0.1) is 0 Å².